The Labute approximate surface area is 514 Å². The van der Waals surface area contributed by atoms with E-state index in [9.17, 15) is 19.5 Å². The van der Waals surface area contributed by atoms with Crippen LogP contribution in [0.1, 0.15) is 348 Å². The molecular formula is C74H137NO8. The number of nitrogens with zero attached hydrogens (tertiary/aromatic N) is 1. The van der Waals surface area contributed by atoms with Crippen molar-refractivity contribution in [1.82, 2.24) is 0 Å². The predicted octanol–water partition coefficient (Wildman–Crippen LogP) is 20.8. The maximum atomic E-state index is 12.9. The van der Waals surface area contributed by atoms with E-state index in [0.717, 1.165) is 51.4 Å². The molecule has 0 saturated carbocycles. The molecule has 0 saturated heterocycles. The van der Waals surface area contributed by atoms with Gasteiger partial charge in [0.15, 0.2) is 12.4 Å². The van der Waals surface area contributed by atoms with E-state index in [4.69, 9.17) is 18.9 Å². The normalized spacial score (nSPS) is 12.9. The Morgan fingerprint density at radius 2 is 0.651 bits per heavy atom. The minimum atomic E-state index is -1.62. The highest BCUT2D eigenvalue weighted by atomic mass is 16.7. The molecule has 2 atom stereocenters. The second-order valence-electron chi connectivity index (χ2n) is 25.5. The molecule has 0 aliphatic heterocycles. The first-order valence-electron chi connectivity index (χ1n) is 35.8. The van der Waals surface area contributed by atoms with Crippen LogP contribution >= 0.6 is 0 Å². The van der Waals surface area contributed by atoms with Crippen molar-refractivity contribution >= 4 is 17.9 Å². The fraction of sp³-hybridized carbons (Fsp3) is 0.851. The molecule has 0 aromatic carbocycles. The molecule has 2 unspecified atom stereocenters. The molecule has 0 radical (unpaired) electrons. The second kappa shape index (κ2) is 65.2. The minimum Gasteiger partial charge on any atom is -0.545 e. The maximum absolute atomic E-state index is 12.9. The number of quaternary nitrogens is 1. The van der Waals surface area contributed by atoms with Crippen LogP contribution in [-0.4, -0.2) is 82.3 Å². The van der Waals surface area contributed by atoms with Gasteiger partial charge in [0.2, 0.25) is 0 Å². The molecule has 0 aromatic rings. The number of esters is 2. The molecule has 9 nitrogen and oxygen atoms in total. The van der Waals surface area contributed by atoms with Crippen LogP contribution in [0.3, 0.4) is 0 Å². The number of likely N-dealkylation sites (N-methyl/N-ethyl adjacent to an activating group) is 1. The molecule has 0 N–H and O–H groups in total. The van der Waals surface area contributed by atoms with Gasteiger partial charge in [-0.05, 0) is 77.0 Å². The summed E-state index contributed by atoms with van der Waals surface area (Å²) in [6, 6.07) is 0. The third-order valence-electron chi connectivity index (χ3n) is 16.0. The van der Waals surface area contributed by atoms with E-state index in [1.54, 1.807) is 0 Å². The number of carbonyl (C=O) groups is 3. The van der Waals surface area contributed by atoms with Crippen LogP contribution in [0.15, 0.2) is 48.6 Å². The summed E-state index contributed by atoms with van der Waals surface area (Å²) in [7, 11) is 5.94. The summed E-state index contributed by atoms with van der Waals surface area (Å²) in [5, 5.41) is 11.8. The van der Waals surface area contributed by atoms with Gasteiger partial charge in [0.1, 0.15) is 13.2 Å². The number of carbonyl (C=O) groups excluding carboxylic acids is 3. The van der Waals surface area contributed by atoms with E-state index < -0.39 is 24.3 Å². The van der Waals surface area contributed by atoms with Crippen molar-refractivity contribution in [3.8, 4) is 0 Å². The number of carboxylic acid groups (broad SMARTS) is 1. The van der Waals surface area contributed by atoms with E-state index >= 15 is 0 Å². The average Bonchev–Trinajstić information content (AvgIpc) is 3.46. The standard InChI is InChI=1S/C74H137NO8/c1-6-8-10-12-14-16-18-20-22-24-26-27-28-29-30-31-32-33-34-35-36-37-38-39-40-41-42-43-44-45-47-49-51-53-55-57-59-61-63-65-72(77)83-70(69-82-74(73(78)79)80-67-66-75(3,4)5)68-81-71(76)64-62-60-58-56-54-52-50-48-46-25-23-21-19-17-15-13-11-9-7-2/h18,20-21,23-24,26,28-29,70,74H,6-17,19,22,25,27,30-69H2,1-5H3/b20-18-,23-21-,26-24-,29-28-. The largest absolute Gasteiger partial charge is 0.545 e. The SMILES string of the molecule is CCCCCCC/C=C\C/C=C\C/C=C\CCCCCCCCCCCCCCCCCCCCCCCCCCC(=O)OC(COC(=O)CCCCCCCCCCC/C=C\CCCCCCCC)COC(OCC[N+](C)(C)C)C(=O)[O-]. The van der Waals surface area contributed by atoms with Crippen LogP contribution in [0.25, 0.3) is 0 Å². The Hall–Kier alpha value is -2.75. The summed E-state index contributed by atoms with van der Waals surface area (Å²) in [6.45, 7) is 4.78. The lowest BCUT2D eigenvalue weighted by Crippen LogP contribution is -2.44. The van der Waals surface area contributed by atoms with Gasteiger partial charge < -0.3 is 33.3 Å². The quantitative estimate of drug-likeness (QED) is 0.0195. The van der Waals surface area contributed by atoms with Gasteiger partial charge in [0.05, 0.1) is 40.3 Å². The zero-order chi connectivity index (χ0) is 60.5. The zero-order valence-electron chi connectivity index (χ0n) is 55.6. The fourth-order valence-corrected chi connectivity index (χ4v) is 10.5. The smallest absolute Gasteiger partial charge is 0.306 e. The van der Waals surface area contributed by atoms with E-state index in [2.05, 4.69) is 62.5 Å². The summed E-state index contributed by atoms with van der Waals surface area (Å²) in [6.07, 6.45) is 80.7. The van der Waals surface area contributed by atoms with Gasteiger partial charge in [0.25, 0.3) is 0 Å². The second-order valence-corrected chi connectivity index (χ2v) is 25.5. The first kappa shape index (κ1) is 80.2. The summed E-state index contributed by atoms with van der Waals surface area (Å²) in [4.78, 5) is 37.4. The summed E-state index contributed by atoms with van der Waals surface area (Å²) >= 11 is 0. The molecule has 0 amide bonds. The molecule has 0 heterocycles. The van der Waals surface area contributed by atoms with Crippen LogP contribution in [0.2, 0.25) is 0 Å². The molecule has 0 spiro atoms. The Bertz CT molecular complexity index is 1500. The van der Waals surface area contributed by atoms with Gasteiger partial charge in [-0.3, -0.25) is 9.59 Å². The van der Waals surface area contributed by atoms with Gasteiger partial charge in [0, 0.05) is 12.8 Å². The lowest BCUT2D eigenvalue weighted by molar-refractivity contribution is -0.870. The lowest BCUT2D eigenvalue weighted by Gasteiger charge is -2.26. The highest BCUT2D eigenvalue weighted by Gasteiger charge is 2.22. The van der Waals surface area contributed by atoms with Crippen molar-refractivity contribution in [2.75, 3.05) is 47.5 Å². The van der Waals surface area contributed by atoms with Crippen LogP contribution in [0, 0.1) is 0 Å². The van der Waals surface area contributed by atoms with Crippen LogP contribution in [-0.2, 0) is 33.3 Å². The average molecular weight is 1170 g/mol. The molecule has 83 heavy (non-hydrogen) atoms. The number of hydrogen-bond donors (Lipinski definition) is 0. The zero-order valence-corrected chi connectivity index (χ0v) is 55.6. The molecule has 0 aromatic heterocycles. The van der Waals surface area contributed by atoms with E-state index in [1.165, 1.54) is 270 Å². The maximum Gasteiger partial charge on any atom is 0.306 e. The van der Waals surface area contributed by atoms with Crippen molar-refractivity contribution in [3.05, 3.63) is 48.6 Å². The van der Waals surface area contributed by atoms with Gasteiger partial charge in [-0.25, -0.2) is 0 Å². The van der Waals surface area contributed by atoms with Crippen LogP contribution in [0.5, 0.6) is 0 Å². The first-order chi connectivity index (χ1) is 40.6. The van der Waals surface area contributed by atoms with Gasteiger partial charge >= 0.3 is 11.9 Å². The molecule has 0 bridgehead atoms. The van der Waals surface area contributed by atoms with Crippen LogP contribution in [0.4, 0.5) is 0 Å². The summed E-state index contributed by atoms with van der Waals surface area (Å²) in [5.74, 6) is -2.26. The highest BCUT2D eigenvalue weighted by molar-refractivity contribution is 5.70. The molecule has 0 aliphatic rings. The molecular weight excluding hydrogens is 1030 g/mol. The number of ether oxygens (including phenoxy) is 4. The van der Waals surface area contributed by atoms with Crippen molar-refractivity contribution in [1.29, 1.82) is 0 Å². The van der Waals surface area contributed by atoms with Crippen molar-refractivity contribution in [3.63, 3.8) is 0 Å². The molecule has 486 valence electrons. The van der Waals surface area contributed by atoms with Gasteiger partial charge in [-0.2, -0.15) is 0 Å². The minimum absolute atomic E-state index is 0.149. The monoisotopic (exact) mass is 1170 g/mol. The number of unbranched alkanes of at least 4 members (excludes halogenated alkanes) is 44. The number of hydrogen-bond acceptors (Lipinski definition) is 8. The molecule has 9 heteroatoms. The predicted molar refractivity (Wildman–Crippen MR) is 352 cm³/mol. The number of carboxylic acids is 1. The third kappa shape index (κ3) is 66.6. The summed E-state index contributed by atoms with van der Waals surface area (Å²) < 4.78 is 22.8. The Morgan fingerprint density at radius 3 is 0.976 bits per heavy atom. The fourth-order valence-electron chi connectivity index (χ4n) is 10.5. The lowest BCUT2D eigenvalue weighted by atomic mass is 10.0. The van der Waals surface area contributed by atoms with Crippen LogP contribution < -0.4 is 5.11 Å². The highest BCUT2D eigenvalue weighted by Crippen LogP contribution is 2.18. The van der Waals surface area contributed by atoms with Gasteiger partial charge in [-0.15, -0.1) is 0 Å². The number of rotatable bonds is 67. The van der Waals surface area contributed by atoms with Crippen molar-refractivity contribution in [2.45, 2.75) is 360 Å². The molecule has 0 rings (SSSR count). The van der Waals surface area contributed by atoms with Crippen molar-refractivity contribution in [2.24, 2.45) is 0 Å². The number of allylic oxidation sites excluding steroid dienone is 8. The Balaban J connectivity index is 3.97. The topological polar surface area (TPSA) is 111 Å². The molecule has 0 aliphatic carbocycles. The Kier molecular flexibility index (Phi) is 63.1. The third-order valence-corrected chi connectivity index (χ3v) is 16.0. The summed E-state index contributed by atoms with van der Waals surface area (Å²) in [5.41, 5.74) is 0. The van der Waals surface area contributed by atoms with Gasteiger partial charge in [-0.1, -0.05) is 306 Å². The van der Waals surface area contributed by atoms with Crippen molar-refractivity contribution < 1.29 is 42.9 Å². The molecule has 0 fully saturated rings. The Morgan fingerprint density at radius 1 is 0.361 bits per heavy atom. The number of aliphatic carboxylic acids is 1. The van der Waals surface area contributed by atoms with E-state index in [-0.39, 0.29) is 32.2 Å². The first-order valence-corrected chi connectivity index (χ1v) is 35.8. The van der Waals surface area contributed by atoms with E-state index in [1.807, 2.05) is 21.1 Å². The van der Waals surface area contributed by atoms with E-state index in [0.29, 0.717) is 17.4 Å².